The number of carbonyl (C=O) groups excluding carboxylic acids is 2. The average molecular weight is 546 g/mol. The molecule has 9 nitrogen and oxygen atoms in total. The second-order valence-corrected chi connectivity index (χ2v) is 12.0. The summed E-state index contributed by atoms with van der Waals surface area (Å²) >= 11 is 0. The third-order valence-electron chi connectivity index (χ3n) is 8.04. The number of Topliss-reactive ketones (excluding diaryl/α,β-unsaturated/α-hetero) is 2. The Kier molecular flexibility index (Phi) is 6.11. The van der Waals surface area contributed by atoms with E-state index in [1.54, 1.807) is 6.92 Å². The number of nitro groups is 1. The van der Waals surface area contributed by atoms with Gasteiger partial charge in [-0.1, -0.05) is 19.1 Å². The van der Waals surface area contributed by atoms with E-state index in [1.165, 1.54) is 28.6 Å². The lowest BCUT2D eigenvalue weighted by Crippen LogP contribution is -2.32. The van der Waals surface area contributed by atoms with Crippen molar-refractivity contribution in [1.29, 1.82) is 0 Å². The molecule has 0 saturated heterocycles. The number of carbonyl (C=O) groups is 2. The third-order valence-corrected chi connectivity index (χ3v) is 10.1. The first-order chi connectivity index (χ1) is 18.7. The molecule has 2 aliphatic rings. The van der Waals surface area contributed by atoms with E-state index in [0.717, 1.165) is 44.1 Å². The summed E-state index contributed by atoms with van der Waals surface area (Å²) in [5.74, 6) is 0.269. The molecule has 0 atom stereocenters. The normalized spacial score (nSPS) is 15.0. The molecule has 0 saturated carbocycles. The summed E-state index contributed by atoms with van der Waals surface area (Å²) < 4.78 is 30.2. The lowest BCUT2D eigenvalue weighted by Gasteiger charge is -2.21. The second-order valence-electron chi connectivity index (χ2n) is 10.0. The SMILES string of the molecule is CCN(CCCn1c2ccc3c(c2c2c4c(ccc21)C(=O)CC4)CCC3=O)S(=O)(=O)c1ccccc1[N+](=O)[O-]. The van der Waals surface area contributed by atoms with Crippen LogP contribution < -0.4 is 0 Å². The zero-order valence-corrected chi connectivity index (χ0v) is 22.3. The molecule has 0 aliphatic heterocycles. The smallest absolute Gasteiger partial charge is 0.289 e. The predicted molar refractivity (Wildman–Crippen MR) is 147 cm³/mol. The van der Waals surface area contributed by atoms with Gasteiger partial charge in [0.15, 0.2) is 16.5 Å². The van der Waals surface area contributed by atoms with Gasteiger partial charge < -0.3 is 4.57 Å². The van der Waals surface area contributed by atoms with Crippen LogP contribution in [0.25, 0.3) is 21.8 Å². The number of nitro benzene ring substituents is 1. The van der Waals surface area contributed by atoms with E-state index in [1.807, 2.05) is 24.3 Å². The minimum Gasteiger partial charge on any atom is -0.340 e. The predicted octanol–water partition coefficient (Wildman–Crippen LogP) is 5.06. The molecule has 4 aromatic rings. The van der Waals surface area contributed by atoms with Crippen molar-refractivity contribution in [3.63, 3.8) is 0 Å². The monoisotopic (exact) mass is 545 g/mol. The first kappa shape index (κ1) is 25.4. The Labute approximate surface area is 225 Å². The zero-order valence-electron chi connectivity index (χ0n) is 21.5. The highest BCUT2D eigenvalue weighted by atomic mass is 32.2. The summed E-state index contributed by atoms with van der Waals surface area (Å²) in [5, 5.41) is 13.5. The molecular weight excluding hydrogens is 518 g/mol. The van der Waals surface area contributed by atoms with Crippen molar-refractivity contribution in [1.82, 2.24) is 8.87 Å². The van der Waals surface area contributed by atoms with Gasteiger partial charge >= 0.3 is 0 Å². The van der Waals surface area contributed by atoms with Crippen LogP contribution in [-0.4, -0.2) is 46.9 Å². The Morgan fingerprint density at radius 1 is 0.872 bits per heavy atom. The van der Waals surface area contributed by atoms with Gasteiger partial charge in [0.2, 0.25) is 10.0 Å². The Morgan fingerprint density at radius 2 is 1.44 bits per heavy atom. The molecule has 0 bridgehead atoms. The first-order valence-electron chi connectivity index (χ1n) is 13.1. The molecule has 0 spiro atoms. The fourth-order valence-corrected chi connectivity index (χ4v) is 7.90. The number of sulfonamides is 1. The molecule has 6 rings (SSSR count). The first-order valence-corrected chi connectivity index (χ1v) is 14.6. The topological polar surface area (TPSA) is 120 Å². The zero-order chi connectivity index (χ0) is 27.5. The molecule has 3 aromatic carbocycles. The lowest BCUT2D eigenvalue weighted by atomic mass is 9.98. The molecule has 0 fully saturated rings. The van der Waals surface area contributed by atoms with Crippen LogP contribution in [0.4, 0.5) is 5.69 Å². The van der Waals surface area contributed by atoms with Crippen LogP contribution in [0.15, 0.2) is 53.4 Å². The van der Waals surface area contributed by atoms with E-state index < -0.39 is 20.6 Å². The third kappa shape index (κ3) is 3.89. The lowest BCUT2D eigenvalue weighted by molar-refractivity contribution is -0.387. The summed E-state index contributed by atoms with van der Waals surface area (Å²) in [7, 11) is -4.07. The van der Waals surface area contributed by atoms with Gasteiger partial charge in [-0.3, -0.25) is 19.7 Å². The minimum absolute atomic E-state index is 0.134. The van der Waals surface area contributed by atoms with Gasteiger partial charge in [-0.05, 0) is 60.7 Å². The molecule has 0 amide bonds. The largest absolute Gasteiger partial charge is 0.340 e. The second kappa shape index (κ2) is 9.39. The van der Waals surface area contributed by atoms with E-state index >= 15 is 0 Å². The quantitative estimate of drug-likeness (QED) is 0.225. The number of aryl methyl sites for hydroxylation is 3. The van der Waals surface area contributed by atoms with Gasteiger partial charge in [0.05, 0.1) is 4.92 Å². The summed E-state index contributed by atoms with van der Waals surface area (Å²) in [6.45, 7) is 2.57. The molecule has 0 radical (unpaired) electrons. The van der Waals surface area contributed by atoms with Crippen molar-refractivity contribution < 1.29 is 22.9 Å². The maximum atomic E-state index is 13.4. The van der Waals surface area contributed by atoms with E-state index in [0.29, 0.717) is 38.6 Å². The molecule has 39 heavy (non-hydrogen) atoms. The molecule has 1 heterocycles. The highest BCUT2D eigenvalue weighted by Gasteiger charge is 2.31. The van der Waals surface area contributed by atoms with Gasteiger partial charge in [0.25, 0.3) is 5.69 Å². The fourth-order valence-electron chi connectivity index (χ4n) is 6.26. The number of hydrogen-bond donors (Lipinski definition) is 0. The van der Waals surface area contributed by atoms with E-state index in [2.05, 4.69) is 4.57 Å². The van der Waals surface area contributed by atoms with E-state index in [-0.39, 0.29) is 29.6 Å². The van der Waals surface area contributed by atoms with Crippen LogP contribution in [0.3, 0.4) is 0 Å². The maximum Gasteiger partial charge on any atom is 0.289 e. The number of ketones is 2. The van der Waals surface area contributed by atoms with Gasteiger partial charge in [0, 0.05) is 71.5 Å². The molecule has 1 aromatic heterocycles. The van der Waals surface area contributed by atoms with Crippen molar-refractivity contribution in [2.45, 2.75) is 50.5 Å². The van der Waals surface area contributed by atoms with Crippen LogP contribution >= 0.6 is 0 Å². The van der Waals surface area contributed by atoms with E-state index in [4.69, 9.17) is 0 Å². The highest BCUT2D eigenvalue weighted by Crippen LogP contribution is 2.41. The number of benzene rings is 3. The van der Waals surface area contributed by atoms with Crippen LogP contribution in [-0.2, 0) is 29.4 Å². The van der Waals surface area contributed by atoms with Gasteiger partial charge in [0.1, 0.15) is 0 Å². The highest BCUT2D eigenvalue weighted by molar-refractivity contribution is 7.89. The minimum atomic E-state index is -4.07. The molecule has 0 N–H and O–H groups in total. The van der Waals surface area contributed by atoms with Crippen molar-refractivity contribution in [2.24, 2.45) is 0 Å². The van der Waals surface area contributed by atoms with E-state index in [9.17, 15) is 28.1 Å². The maximum absolute atomic E-state index is 13.4. The van der Waals surface area contributed by atoms with Gasteiger partial charge in [-0.2, -0.15) is 4.31 Å². The number of hydrogen-bond acceptors (Lipinski definition) is 6. The van der Waals surface area contributed by atoms with Gasteiger partial charge in [-0.25, -0.2) is 8.42 Å². The standard InChI is InChI=1S/C29H27N3O6S/c1-2-30(39(37,38)27-7-4-3-6-22(27)32(35)36)16-5-17-31-23-12-8-18-20(10-14-25(18)33)28(23)29-21-11-15-26(34)19(21)9-13-24(29)31/h3-4,6-9,12-13H,2,5,10-11,14-17H2,1H3. The molecule has 10 heteroatoms. The summed E-state index contributed by atoms with van der Waals surface area (Å²) in [6.07, 6.45) is 2.76. The number of nitrogens with zero attached hydrogens (tertiary/aromatic N) is 3. The summed E-state index contributed by atoms with van der Waals surface area (Å²) in [4.78, 5) is 35.5. The number of fused-ring (bicyclic) bond motifs is 7. The summed E-state index contributed by atoms with van der Waals surface area (Å²) in [6, 6.07) is 13.1. The number of para-hydroxylation sites is 1. The molecule has 200 valence electrons. The Morgan fingerprint density at radius 3 is 1.97 bits per heavy atom. The molecule has 2 aliphatic carbocycles. The number of aromatic nitrogens is 1. The summed E-state index contributed by atoms with van der Waals surface area (Å²) in [5.41, 5.74) is 5.05. The Bertz CT molecular complexity index is 1740. The Balaban J connectivity index is 1.38. The Hall–Kier alpha value is -3.89. The van der Waals surface area contributed by atoms with Crippen molar-refractivity contribution in [3.8, 4) is 0 Å². The fraction of sp³-hybridized carbons (Fsp3) is 0.310. The van der Waals surface area contributed by atoms with Crippen LogP contribution in [0.5, 0.6) is 0 Å². The van der Waals surface area contributed by atoms with Crippen molar-refractivity contribution >= 4 is 49.1 Å². The van der Waals surface area contributed by atoms with Crippen molar-refractivity contribution in [3.05, 3.63) is 80.9 Å². The molecular formula is C29H27N3O6S. The van der Waals surface area contributed by atoms with Crippen molar-refractivity contribution in [2.75, 3.05) is 13.1 Å². The van der Waals surface area contributed by atoms with Crippen LogP contribution in [0, 0.1) is 10.1 Å². The number of rotatable bonds is 8. The van der Waals surface area contributed by atoms with Crippen LogP contribution in [0.1, 0.15) is 58.0 Å². The van der Waals surface area contributed by atoms with Crippen LogP contribution in [0.2, 0.25) is 0 Å². The van der Waals surface area contributed by atoms with Gasteiger partial charge in [-0.15, -0.1) is 0 Å². The molecule has 0 unspecified atom stereocenters. The average Bonchev–Trinajstić information content (AvgIpc) is 3.59.